The van der Waals surface area contributed by atoms with Crippen LogP contribution in [0.3, 0.4) is 0 Å². The number of nitrogens with zero attached hydrogens (tertiary/aromatic N) is 1. The number of carbonyl (C=O) groups excluding carboxylic acids is 2. The van der Waals surface area contributed by atoms with Crippen LogP contribution in [0, 0.1) is 0 Å². The van der Waals surface area contributed by atoms with E-state index in [2.05, 4.69) is 196 Å². The SMILES string of the molecule is CC/C=C\C/C=C\C/C=C\C/C=C\C/C=C\C/C=C\C/C=C\C/C=C\C/C=C\C/C=C\C/C=C\CCCCCCCCCC(=O)OC(COC(=O)CCCCCCCC/C=C\C/C=C\C/C=C\C/C=C\CC)COC(OCC[N+](C)(C)C)C(=O)O. The van der Waals surface area contributed by atoms with Crippen molar-refractivity contribution in [2.45, 2.75) is 232 Å². The van der Waals surface area contributed by atoms with Gasteiger partial charge in [-0.15, -0.1) is 0 Å². The van der Waals surface area contributed by atoms with Gasteiger partial charge in [-0.3, -0.25) is 9.59 Å². The van der Waals surface area contributed by atoms with Crippen molar-refractivity contribution in [3.8, 4) is 0 Å². The Morgan fingerprint density at radius 3 is 0.941 bits per heavy atom. The molecule has 0 spiro atoms. The van der Waals surface area contributed by atoms with E-state index in [-0.39, 0.29) is 38.6 Å². The van der Waals surface area contributed by atoms with Crippen LogP contribution in [0.15, 0.2) is 182 Å². The highest BCUT2D eigenvalue weighted by molar-refractivity contribution is 5.71. The largest absolute Gasteiger partial charge is 0.477 e. The topological polar surface area (TPSA) is 108 Å². The molecule has 0 saturated carbocycles. The monoisotopic (exact) mass is 1170 g/mol. The highest BCUT2D eigenvalue weighted by Crippen LogP contribution is 2.14. The summed E-state index contributed by atoms with van der Waals surface area (Å²) >= 11 is 0. The average molecular weight is 1180 g/mol. The third-order valence-electron chi connectivity index (χ3n) is 13.2. The molecule has 0 bridgehead atoms. The first kappa shape index (κ1) is 79.4. The summed E-state index contributed by atoms with van der Waals surface area (Å²) in [4.78, 5) is 37.5. The molecule has 85 heavy (non-hydrogen) atoms. The number of hydrogen-bond donors (Lipinski definition) is 1. The van der Waals surface area contributed by atoms with Crippen molar-refractivity contribution in [1.82, 2.24) is 0 Å². The molecule has 0 aromatic carbocycles. The van der Waals surface area contributed by atoms with Crippen LogP contribution in [0.5, 0.6) is 0 Å². The number of carbonyl (C=O) groups is 3. The minimum absolute atomic E-state index is 0.173. The number of unbranched alkanes of at least 4 members (excludes halogenated alkanes) is 13. The van der Waals surface area contributed by atoms with Crippen LogP contribution < -0.4 is 0 Å². The van der Waals surface area contributed by atoms with E-state index in [1.54, 1.807) is 0 Å². The summed E-state index contributed by atoms with van der Waals surface area (Å²) in [7, 11) is 5.95. The van der Waals surface area contributed by atoms with Gasteiger partial charge in [0.1, 0.15) is 13.2 Å². The Balaban J connectivity index is 4.23. The second-order valence-electron chi connectivity index (χ2n) is 22.3. The summed E-state index contributed by atoms with van der Waals surface area (Å²) in [5, 5.41) is 9.72. The summed E-state index contributed by atoms with van der Waals surface area (Å²) in [5.41, 5.74) is 0. The van der Waals surface area contributed by atoms with Crippen LogP contribution in [0.1, 0.15) is 219 Å². The van der Waals surface area contributed by atoms with Crippen LogP contribution in [0.2, 0.25) is 0 Å². The molecule has 0 heterocycles. The van der Waals surface area contributed by atoms with Gasteiger partial charge in [-0.05, 0) is 135 Å². The van der Waals surface area contributed by atoms with Gasteiger partial charge in [0.25, 0.3) is 6.29 Å². The van der Waals surface area contributed by atoms with Gasteiger partial charge in [-0.2, -0.15) is 0 Å². The first-order valence-corrected chi connectivity index (χ1v) is 32.9. The molecule has 0 aliphatic heterocycles. The Labute approximate surface area is 519 Å². The number of esters is 2. The van der Waals surface area contributed by atoms with E-state index < -0.39 is 24.3 Å². The van der Waals surface area contributed by atoms with Crippen LogP contribution in [-0.2, 0) is 33.3 Å². The minimum atomic E-state index is -1.53. The van der Waals surface area contributed by atoms with Gasteiger partial charge >= 0.3 is 17.9 Å². The predicted molar refractivity (Wildman–Crippen MR) is 363 cm³/mol. The fourth-order valence-corrected chi connectivity index (χ4v) is 8.18. The molecule has 476 valence electrons. The van der Waals surface area contributed by atoms with Crippen molar-refractivity contribution in [2.24, 2.45) is 0 Å². The zero-order valence-electron chi connectivity index (χ0n) is 54.2. The maximum absolute atomic E-state index is 12.9. The Morgan fingerprint density at radius 2 is 0.635 bits per heavy atom. The molecule has 2 atom stereocenters. The summed E-state index contributed by atoms with van der Waals surface area (Å²) in [6.07, 6.45) is 95.6. The van der Waals surface area contributed by atoms with E-state index in [1.807, 2.05) is 21.1 Å². The minimum Gasteiger partial charge on any atom is -0.477 e. The Bertz CT molecular complexity index is 2050. The lowest BCUT2D eigenvalue weighted by atomic mass is 10.1. The molecule has 0 aromatic rings. The van der Waals surface area contributed by atoms with Gasteiger partial charge in [0.15, 0.2) is 6.10 Å². The lowest BCUT2D eigenvalue weighted by Gasteiger charge is -2.25. The summed E-state index contributed by atoms with van der Waals surface area (Å²) in [6, 6.07) is 0. The van der Waals surface area contributed by atoms with Gasteiger partial charge in [0.2, 0.25) is 0 Å². The van der Waals surface area contributed by atoms with Crippen molar-refractivity contribution in [3.05, 3.63) is 182 Å². The molecule has 0 amide bonds. The number of carboxylic acids is 1. The fraction of sp³-hybridized carbons (Fsp3) is 0.566. The highest BCUT2D eigenvalue weighted by Gasteiger charge is 2.25. The predicted octanol–water partition coefficient (Wildman–Crippen LogP) is 20.5. The van der Waals surface area contributed by atoms with Crippen molar-refractivity contribution < 1.29 is 42.9 Å². The first-order valence-electron chi connectivity index (χ1n) is 32.9. The van der Waals surface area contributed by atoms with Crippen molar-refractivity contribution in [3.63, 3.8) is 0 Å². The Morgan fingerprint density at radius 1 is 0.353 bits per heavy atom. The van der Waals surface area contributed by atoms with Crippen molar-refractivity contribution in [2.75, 3.05) is 47.5 Å². The van der Waals surface area contributed by atoms with E-state index in [4.69, 9.17) is 18.9 Å². The molecule has 9 heteroatoms. The zero-order chi connectivity index (χ0) is 61.9. The standard InChI is InChI=1S/C76H119NO8/c1-6-8-10-12-14-16-18-20-22-24-26-27-28-29-30-31-32-33-34-35-36-37-38-39-40-41-42-43-44-45-46-47-49-51-53-55-57-59-61-63-65-67-74(79)85-72(71-84-76(75(80)81)82-69-68-77(3,4)5)70-83-73(78)66-64-62-60-58-56-54-52-50-48-25-23-21-19-17-15-13-11-9-7-2/h8-11,14-17,20-23,26-27,29-30,32-33,35-36,38-39,41-42,44-45,47-50,72,76H,6-7,12-13,18-19,24-25,28,31,34,37,40,43,46,51-71H2,1-5H3/p+1/b10-8-,11-9-,16-14-,17-15-,22-20-,23-21-,27-26-,30-29-,33-32-,36-35-,39-38-,42-41-,45-44-,49-47-,50-48-. The maximum Gasteiger partial charge on any atom is 0.361 e. The second kappa shape index (κ2) is 64.4. The number of aliphatic carboxylic acids is 1. The number of ether oxygens (including phenoxy) is 4. The van der Waals surface area contributed by atoms with Crippen LogP contribution >= 0.6 is 0 Å². The molecular formula is C76H120NO8+. The third kappa shape index (κ3) is 65.8. The molecule has 2 unspecified atom stereocenters. The molecule has 0 saturated heterocycles. The molecular weight excluding hydrogens is 1050 g/mol. The fourth-order valence-electron chi connectivity index (χ4n) is 8.18. The molecule has 1 N–H and O–H groups in total. The third-order valence-corrected chi connectivity index (χ3v) is 13.2. The van der Waals surface area contributed by atoms with E-state index in [1.165, 1.54) is 19.3 Å². The van der Waals surface area contributed by atoms with Gasteiger partial charge in [0.05, 0.1) is 34.4 Å². The van der Waals surface area contributed by atoms with E-state index in [0.717, 1.165) is 167 Å². The van der Waals surface area contributed by atoms with Crippen LogP contribution in [0.4, 0.5) is 0 Å². The quantitative estimate of drug-likeness (QED) is 0.0211. The van der Waals surface area contributed by atoms with E-state index >= 15 is 0 Å². The lowest BCUT2D eigenvalue weighted by molar-refractivity contribution is -0.870. The molecule has 0 rings (SSSR count). The molecule has 0 aliphatic carbocycles. The number of likely N-dealkylation sites (N-methyl/N-ethyl adjacent to an activating group) is 1. The van der Waals surface area contributed by atoms with E-state index in [0.29, 0.717) is 17.4 Å². The highest BCUT2D eigenvalue weighted by atomic mass is 16.7. The lowest BCUT2D eigenvalue weighted by Crippen LogP contribution is -2.40. The van der Waals surface area contributed by atoms with Crippen molar-refractivity contribution in [1.29, 1.82) is 0 Å². The number of quaternary nitrogens is 1. The van der Waals surface area contributed by atoms with Gasteiger partial charge in [-0.1, -0.05) is 254 Å². The number of rotatable bonds is 58. The van der Waals surface area contributed by atoms with Crippen LogP contribution in [0.25, 0.3) is 0 Å². The van der Waals surface area contributed by atoms with Gasteiger partial charge in [0, 0.05) is 12.8 Å². The molecule has 0 aromatic heterocycles. The van der Waals surface area contributed by atoms with Gasteiger partial charge < -0.3 is 28.5 Å². The average Bonchev–Trinajstić information content (AvgIpc) is 3.49. The molecule has 0 aliphatic rings. The Hall–Kier alpha value is -5.61. The van der Waals surface area contributed by atoms with E-state index in [9.17, 15) is 19.5 Å². The second-order valence-corrected chi connectivity index (χ2v) is 22.3. The first-order chi connectivity index (χ1) is 41.6. The molecule has 9 nitrogen and oxygen atoms in total. The molecule has 0 fully saturated rings. The number of carboxylic acid groups (broad SMARTS) is 1. The Kier molecular flexibility index (Phi) is 60.1. The summed E-state index contributed by atoms with van der Waals surface area (Å²) < 4.78 is 22.9. The smallest absolute Gasteiger partial charge is 0.361 e. The normalized spacial score (nSPS) is 13.9. The summed E-state index contributed by atoms with van der Waals surface area (Å²) in [5.74, 6) is -2.06. The zero-order valence-corrected chi connectivity index (χ0v) is 54.2. The number of allylic oxidation sites excluding steroid dienone is 30. The molecule has 0 radical (unpaired) electrons. The summed E-state index contributed by atoms with van der Waals surface area (Å²) in [6.45, 7) is 4.59. The van der Waals surface area contributed by atoms with Crippen molar-refractivity contribution >= 4 is 17.9 Å². The van der Waals surface area contributed by atoms with Gasteiger partial charge in [-0.25, -0.2) is 4.79 Å². The number of hydrogen-bond acceptors (Lipinski definition) is 7. The van der Waals surface area contributed by atoms with Crippen LogP contribution in [-0.4, -0.2) is 87.4 Å². The maximum atomic E-state index is 12.9.